The Bertz CT molecular complexity index is 828. The molecule has 1 N–H and O–H groups in total. The van der Waals surface area contributed by atoms with Crippen LogP contribution in [0.5, 0.6) is 11.5 Å². The molecule has 162 valence electrons. The van der Waals surface area contributed by atoms with Gasteiger partial charge in [0.25, 0.3) is 5.91 Å². The van der Waals surface area contributed by atoms with E-state index in [0.29, 0.717) is 30.2 Å². The van der Waals surface area contributed by atoms with Crippen LogP contribution in [0, 0.1) is 0 Å². The number of carbonyl (C=O) groups excluding carboxylic acids is 1. The van der Waals surface area contributed by atoms with Crippen molar-refractivity contribution in [2.75, 3.05) is 46.9 Å². The number of β-amino-alcohol motifs (C(OH)–C–C–N with tert-alkyl or cyclic N) is 1. The summed E-state index contributed by atoms with van der Waals surface area (Å²) in [5, 5.41) is 10.6. The number of likely N-dealkylation sites (N-methyl/N-ethyl adjacent to an activating group) is 1. The van der Waals surface area contributed by atoms with E-state index in [9.17, 15) is 9.90 Å². The third kappa shape index (κ3) is 5.52. The number of benzene rings is 2. The zero-order valence-electron chi connectivity index (χ0n) is 18.1. The Morgan fingerprint density at radius 3 is 2.40 bits per heavy atom. The van der Waals surface area contributed by atoms with E-state index < -0.39 is 6.10 Å². The van der Waals surface area contributed by atoms with E-state index in [0.717, 1.165) is 25.9 Å². The molecule has 0 spiro atoms. The zero-order chi connectivity index (χ0) is 21.5. The molecule has 2 aromatic carbocycles. The lowest BCUT2D eigenvalue weighted by molar-refractivity contribution is 0.0591. The van der Waals surface area contributed by atoms with Crippen molar-refractivity contribution in [3.8, 4) is 11.5 Å². The third-order valence-corrected chi connectivity index (χ3v) is 5.52. The summed E-state index contributed by atoms with van der Waals surface area (Å²) in [6, 6.07) is 13.7. The molecule has 0 aromatic heterocycles. The first-order valence-electron chi connectivity index (χ1n) is 10.5. The van der Waals surface area contributed by atoms with E-state index in [1.807, 2.05) is 6.92 Å². The van der Waals surface area contributed by atoms with Crippen molar-refractivity contribution in [2.24, 2.45) is 0 Å². The molecule has 0 radical (unpaired) electrons. The minimum Gasteiger partial charge on any atom is -0.493 e. The second kappa shape index (κ2) is 10.5. The van der Waals surface area contributed by atoms with Crippen molar-refractivity contribution in [3.05, 3.63) is 59.2 Å². The van der Waals surface area contributed by atoms with Crippen molar-refractivity contribution in [3.63, 3.8) is 0 Å². The highest BCUT2D eigenvalue weighted by Crippen LogP contribution is 2.28. The second-order valence-electron chi connectivity index (χ2n) is 7.71. The SMILES string of the molecule is CCOc1cc(C(=O)N(C)CC(O)CN2CCc3ccccc3CC2)ccc1OC. The Morgan fingerprint density at radius 1 is 1.13 bits per heavy atom. The van der Waals surface area contributed by atoms with Gasteiger partial charge in [-0.3, -0.25) is 4.79 Å². The van der Waals surface area contributed by atoms with Crippen molar-refractivity contribution in [1.29, 1.82) is 0 Å². The van der Waals surface area contributed by atoms with Gasteiger partial charge in [0.05, 0.1) is 19.8 Å². The monoisotopic (exact) mass is 412 g/mol. The fourth-order valence-corrected chi connectivity index (χ4v) is 3.95. The maximum absolute atomic E-state index is 12.8. The molecule has 0 fully saturated rings. The number of methoxy groups -OCH3 is 1. The summed E-state index contributed by atoms with van der Waals surface area (Å²) in [5.41, 5.74) is 3.30. The lowest BCUT2D eigenvalue weighted by Crippen LogP contribution is -2.41. The molecule has 1 aliphatic heterocycles. The van der Waals surface area contributed by atoms with E-state index >= 15 is 0 Å². The average Bonchev–Trinajstić information content (AvgIpc) is 2.95. The highest BCUT2D eigenvalue weighted by molar-refractivity contribution is 5.94. The molecular weight excluding hydrogens is 380 g/mol. The first-order valence-corrected chi connectivity index (χ1v) is 10.5. The van der Waals surface area contributed by atoms with E-state index in [-0.39, 0.29) is 12.5 Å². The number of aliphatic hydroxyl groups is 1. The molecule has 1 aliphatic rings. The summed E-state index contributed by atoms with van der Waals surface area (Å²) in [5.74, 6) is 0.989. The summed E-state index contributed by atoms with van der Waals surface area (Å²) in [4.78, 5) is 16.7. The van der Waals surface area contributed by atoms with Gasteiger partial charge in [-0.25, -0.2) is 0 Å². The minimum absolute atomic E-state index is 0.152. The largest absolute Gasteiger partial charge is 0.493 e. The summed E-state index contributed by atoms with van der Waals surface area (Å²) < 4.78 is 10.8. The van der Waals surface area contributed by atoms with E-state index in [2.05, 4.69) is 29.2 Å². The fraction of sp³-hybridized carbons (Fsp3) is 0.458. The molecule has 1 atom stereocenters. The predicted octanol–water partition coefficient (Wildman–Crippen LogP) is 2.63. The van der Waals surface area contributed by atoms with E-state index in [1.54, 1.807) is 37.3 Å². The molecule has 0 aliphatic carbocycles. The highest BCUT2D eigenvalue weighted by atomic mass is 16.5. The fourth-order valence-electron chi connectivity index (χ4n) is 3.95. The van der Waals surface area contributed by atoms with Crippen LogP contribution in [0.1, 0.15) is 28.4 Å². The van der Waals surface area contributed by atoms with Gasteiger partial charge in [-0.1, -0.05) is 24.3 Å². The quantitative estimate of drug-likeness (QED) is 0.722. The third-order valence-electron chi connectivity index (χ3n) is 5.52. The zero-order valence-corrected chi connectivity index (χ0v) is 18.1. The summed E-state index contributed by atoms with van der Waals surface area (Å²) in [7, 11) is 3.29. The molecular formula is C24H32N2O4. The molecule has 6 nitrogen and oxygen atoms in total. The molecule has 1 heterocycles. The summed E-state index contributed by atoms with van der Waals surface area (Å²) in [6.45, 7) is 5.04. The van der Waals surface area contributed by atoms with Gasteiger partial charge in [-0.15, -0.1) is 0 Å². The van der Waals surface area contributed by atoms with Gasteiger partial charge < -0.3 is 24.4 Å². The molecule has 3 rings (SSSR count). The maximum Gasteiger partial charge on any atom is 0.253 e. The van der Waals surface area contributed by atoms with Crippen LogP contribution in [-0.4, -0.2) is 73.9 Å². The van der Waals surface area contributed by atoms with Crippen LogP contribution < -0.4 is 9.47 Å². The second-order valence-corrected chi connectivity index (χ2v) is 7.71. The van der Waals surface area contributed by atoms with Crippen molar-refractivity contribution >= 4 is 5.91 Å². The molecule has 2 aromatic rings. The average molecular weight is 413 g/mol. The Morgan fingerprint density at radius 2 is 1.80 bits per heavy atom. The van der Waals surface area contributed by atoms with Gasteiger partial charge in [0.15, 0.2) is 11.5 Å². The van der Waals surface area contributed by atoms with Crippen LogP contribution in [0.2, 0.25) is 0 Å². The standard InChI is InChI=1S/C24H32N2O4/c1-4-30-23-15-20(9-10-22(23)29-3)24(28)25(2)16-21(27)17-26-13-11-18-7-5-6-8-19(18)12-14-26/h5-10,15,21,27H,4,11-14,16-17H2,1-3H3. The first-order chi connectivity index (χ1) is 14.5. The highest BCUT2D eigenvalue weighted by Gasteiger charge is 2.21. The summed E-state index contributed by atoms with van der Waals surface area (Å²) >= 11 is 0. The van der Waals surface area contributed by atoms with Gasteiger partial charge in [-0.05, 0) is 49.1 Å². The molecule has 30 heavy (non-hydrogen) atoms. The number of hydrogen-bond donors (Lipinski definition) is 1. The van der Waals surface area contributed by atoms with Gasteiger partial charge in [0.2, 0.25) is 0 Å². The van der Waals surface area contributed by atoms with Gasteiger partial charge in [-0.2, -0.15) is 0 Å². The molecule has 0 saturated carbocycles. The Labute approximate surface area is 179 Å². The normalized spacial score (nSPS) is 15.1. The lowest BCUT2D eigenvalue weighted by atomic mass is 10.0. The molecule has 1 amide bonds. The van der Waals surface area contributed by atoms with E-state index in [1.165, 1.54) is 11.1 Å². The number of fused-ring (bicyclic) bond motifs is 1. The number of rotatable bonds is 8. The summed E-state index contributed by atoms with van der Waals surface area (Å²) in [6.07, 6.45) is 1.37. The number of amides is 1. The predicted molar refractivity (Wildman–Crippen MR) is 117 cm³/mol. The van der Waals surface area contributed by atoms with E-state index in [4.69, 9.17) is 9.47 Å². The minimum atomic E-state index is -0.607. The topological polar surface area (TPSA) is 62.2 Å². The maximum atomic E-state index is 12.8. The Hall–Kier alpha value is -2.57. The molecule has 6 heteroatoms. The number of ether oxygens (including phenoxy) is 2. The van der Waals surface area contributed by atoms with Gasteiger partial charge in [0.1, 0.15) is 0 Å². The van der Waals surface area contributed by atoms with Crippen LogP contribution in [-0.2, 0) is 12.8 Å². The molecule has 0 bridgehead atoms. The van der Waals surface area contributed by atoms with Crippen LogP contribution in [0.3, 0.4) is 0 Å². The van der Waals surface area contributed by atoms with Crippen LogP contribution in [0.4, 0.5) is 0 Å². The van der Waals surface area contributed by atoms with Gasteiger partial charge in [0, 0.05) is 38.8 Å². The Kier molecular flexibility index (Phi) is 7.71. The van der Waals surface area contributed by atoms with Crippen LogP contribution >= 0.6 is 0 Å². The number of hydrogen-bond acceptors (Lipinski definition) is 5. The smallest absolute Gasteiger partial charge is 0.253 e. The molecule has 0 saturated heterocycles. The first kappa shape index (κ1) is 22.1. The number of nitrogens with zero attached hydrogens (tertiary/aromatic N) is 2. The lowest BCUT2D eigenvalue weighted by Gasteiger charge is -2.26. The van der Waals surface area contributed by atoms with Crippen molar-refractivity contribution in [2.45, 2.75) is 25.9 Å². The Balaban J connectivity index is 1.56. The molecule has 1 unspecified atom stereocenters. The van der Waals surface area contributed by atoms with Crippen molar-refractivity contribution < 1.29 is 19.4 Å². The van der Waals surface area contributed by atoms with Crippen molar-refractivity contribution in [1.82, 2.24) is 9.80 Å². The van der Waals surface area contributed by atoms with Gasteiger partial charge >= 0.3 is 0 Å². The number of aliphatic hydroxyl groups excluding tert-OH is 1. The van der Waals surface area contributed by atoms with Crippen LogP contribution in [0.15, 0.2) is 42.5 Å². The number of carbonyl (C=O) groups is 1. The van der Waals surface area contributed by atoms with Crippen LogP contribution in [0.25, 0.3) is 0 Å².